The van der Waals surface area contributed by atoms with Gasteiger partial charge in [-0.2, -0.15) is 0 Å². The van der Waals surface area contributed by atoms with Crippen molar-refractivity contribution in [2.24, 2.45) is 0 Å². The molecule has 0 unspecified atom stereocenters. The average Bonchev–Trinajstić information content (AvgIpc) is 1.88. The van der Waals surface area contributed by atoms with Gasteiger partial charge in [0.1, 0.15) is 6.42 Å². The molecule has 5 N–H and O–H groups in total. The summed E-state index contributed by atoms with van der Waals surface area (Å²) in [5.74, 6) is -0.833. The third-order valence-electron chi connectivity index (χ3n) is 1.03. The van der Waals surface area contributed by atoms with Crippen LogP contribution in [-0.2, 0) is 14.3 Å². The summed E-state index contributed by atoms with van der Waals surface area (Å²) in [7, 11) is 0. The second-order valence-corrected chi connectivity index (χ2v) is 2.10. The van der Waals surface area contributed by atoms with Crippen LogP contribution < -0.4 is 0 Å². The molecule has 6 heteroatoms. The molecule has 1 fully saturated rings. The van der Waals surface area contributed by atoms with E-state index in [1.165, 1.54) is 0 Å². The molecule has 0 aromatic heterocycles. The van der Waals surface area contributed by atoms with E-state index in [9.17, 15) is 9.59 Å². The van der Waals surface area contributed by atoms with E-state index in [0.717, 1.165) is 12.8 Å². The third-order valence-corrected chi connectivity index (χ3v) is 1.03. The lowest BCUT2D eigenvalue weighted by Crippen LogP contribution is -2.26. The Morgan fingerprint density at radius 3 is 1.69 bits per heavy atom. The van der Waals surface area contributed by atoms with Gasteiger partial charge >= 0.3 is 11.9 Å². The van der Waals surface area contributed by atoms with Crippen molar-refractivity contribution in [2.45, 2.75) is 26.2 Å². The van der Waals surface area contributed by atoms with Gasteiger partial charge in [0.2, 0.25) is 0 Å². The smallest absolute Gasteiger partial charge is 0.324 e. The van der Waals surface area contributed by atoms with E-state index in [1.54, 1.807) is 0 Å². The van der Waals surface area contributed by atoms with Gasteiger partial charge in [0.15, 0.2) is 0 Å². The number of esters is 2. The molecule has 0 aromatic rings. The van der Waals surface area contributed by atoms with Crippen LogP contribution in [0.5, 0.6) is 0 Å². The molecule has 0 spiro atoms. The van der Waals surface area contributed by atoms with Crippen LogP contribution in [0.25, 0.3) is 0 Å². The van der Waals surface area contributed by atoms with Crippen LogP contribution in [0.2, 0.25) is 0 Å². The molecule has 80 valence electrons. The molecule has 0 atom stereocenters. The molecular formula is C7H16O6. The topological polar surface area (TPSA) is 127 Å². The highest BCUT2D eigenvalue weighted by Crippen LogP contribution is 2.00. The minimum Gasteiger partial charge on any atom is -0.412 e. The van der Waals surface area contributed by atoms with Crippen LogP contribution in [0.4, 0.5) is 0 Å². The van der Waals surface area contributed by atoms with Crippen molar-refractivity contribution in [2.75, 3.05) is 6.61 Å². The average molecular weight is 196 g/mol. The first-order chi connectivity index (χ1) is 5.20. The number of aliphatic hydroxyl groups excluding tert-OH is 1. The Labute approximate surface area is 76.1 Å². The number of carbonyl (C=O) groups excluding carboxylic acids is 2. The minimum absolute atomic E-state index is 0. The molecule has 6 nitrogen and oxygen atoms in total. The van der Waals surface area contributed by atoms with Gasteiger partial charge in [0.25, 0.3) is 0 Å². The van der Waals surface area contributed by atoms with E-state index in [2.05, 4.69) is 11.7 Å². The highest BCUT2D eigenvalue weighted by atomic mass is 16.6. The van der Waals surface area contributed by atoms with Crippen molar-refractivity contribution >= 4 is 11.9 Å². The Kier molecular flexibility index (Phi) is 15.2. The first kappa shape index (κ1) is 17.9. The fourth-order valence-electron chi connectivity index (χ4n) is 0.395. The first-order valence-corrected chi connectivity index (χ1v) is 3.55. The maximum atomic E-state index is 9.67. The van der Waals surface area contributed by atoms with Gasteiger partial charge in [0.05, 0.1) is 0 Å². The first-order valence-electron chi connectivity index (χ1n) is 3.55. The zero-order chi connectivity index (χ0) is 8.69. The summed E-state index contributed by atoms with van der Waals surface area (Å²) >= 11 is 0. The fourth-order valence-corrected chi connectivity index (χ4v) is 0.395. The molecule has 13 heavy (non-hydrogen) atoms. The van der Waals surface area contributed by atoms with E-state index < -0.39 is 11.9 Å². The number of carbonyl (C=O) groups is 2. The number of hydrogen-bond acceptors (Lipinski definition) is 4. The molecule has 1 rings (SSSR count). The molecule has 0 aliphatic carbocycles. The lowest BCUT2D eigenvalue weighted by Gasteiger charge is -2.06. The zero-order valence-electron chi connectivity index (χ0n) is 7.50. The van der Waals surface area contributed by atoms with E-state index in [1.807, 2.05) is 0 Å². The van der Waals surface area contributed by atoms with Gasteiger partial charge < -0.3 is 20.8 Å². The van der Waals surface area contributed by atoms with Gasteiger partial charge in [-0.1, -0.05) is 13.3 Å². The molecule has 0 amide bonds. The maximum Gasteiger partial charge on any atom is 0.324 e. The number of hydrogen-bond donors (Lipinski definition) is 1. The summed E-state index contributed by atoms with van der Waals surface area (Å²) in [5, 5.41) is 8.07. The molecule has 0 radical (unpaired) electrons. The second-order valence-electron chi connectivity index (χ2n) is 2.10. The molecule has 1 aliphatic heterocycles. The number of rotatable bonds is 2. The highest BCUT2D eigenvalue weighted by molar-refractivity contribution is 6.06. The van der Waals surface area contributed by atoms with Crippen LogP contribution in [0.15, 0.2) is 0 Å². The maximum absolute atomic E-state index is 9.67. The molecule has 1 heterocycles. The number of unbranched alkanes of at least 4 members (excludes halogenated alkanes) is 1. The van der Waals surface area contributed by atoms with Gasteiger partial charge in [-0.15, -0.1) is 0 Å². The van der Waals surface area contributed by atoms with Crippen molar-refractivity contribution in [3.05, 3.63) is 0 Å². The molecule has 0 aromatic carbocycles. The van der Waals surface area contributed by atoms with Crippen molar-refractivity contribution < 1.29 is 30.4 Å². The Bertz CT molecular complexity index is 120. The standard InChI is InChI=1S/C4H10O.C3H2O3.2H2O/c1-2-3-4-5;4-2-1-3(5)6-2;;/h5H,2-4H2,1H3;1H2;2*1H2. The Hall–Kier alpha value is -0.980. The summed E-state index contributed by atoms with van der Waals surface area (Å²) in [6, 6.07) is 0. The Morgan fingerprint density at radius 2 is 1.69 bits per heavy atom. The summed E-state index contributed by atoms with van der Waals surface area (Å²) in [6.45, 7) is 2.40. The third kappa shape index (κ3) is 11.0. The Balaban J connectivity index is -0.000000136. The summed E-state index contributed by atoms with van der Waals surface area (Å²) in [6.07, 6.45) is 2.01. The predicted octanol–water partition coefficient (Wildman–Crippen LogP) is -1.41. The number of aliphatic hydroxyl groups is 1. The zero-order valence-corrected chi connectivity index (χ0v) is 7.50. The summed E-state index contributed by atoms with van der Waals surface area (Å²) in [4.78, 5) is 19.3. The van der Waals surface area contributed by atoms with Crippen LogP contribution >= 0.6 is 0 Å². The monoisotopic (exact) mass is 196 g/mol. The fraction of sp³-hybridized carbons (Fsp3) is 0.714. The van der Waals surface area contributed by atoms with Crippen LogP contribution in [-0.4, -0.2) is 34.6 Å². The molecular weight excluding hydrogens is 180 g/mol. The quantitative estimate of drug-likeness (QED) is 0.429. The molecule has 0 bridgehead atoms. The molecule has 1 aliphatic rings. The van der Waals surface area contributed by atoms with E-state index in [-0.39, 0.29) is 17.4 Å². The SMILES string of the molecule is CCCCO.O.O.O=C1CC(=O)O1. The minimum atomic E-state index is -0.417. The van der Waals surface area contributed by atoms with Crippen LogP contribution in [0.3, 0.4) is 0 Å². The molecule has 1 saturated heterocycles. The van der Waals surface area contributed by atoms with E-state index >= 15 is 0 Å². The van der Waals surface area contributed by atoms with E-state index in [0.29, 0.717) is 6.61 Å². The normalized spacial score (nSPS) is 12.2. The second kappa shape index (κ2) is 11.0. The van der Waals surface area contributed by atoms with Crippen LogP contribution in [0, 0.1) is 0 Å². The van der Waals surface area contributed by atoms with Crippen molar-refractivity contribution in [3.63, 3.8) is 0 Å². The summed E-state index contributed by atoms with van der Waals surface area (Å²) in [5.41, 5.74) is 0. The van der Waals surface area contributed by atoms with Gasteiger partial charge in [-0.3, -0.25) is 9.59 Å². The van der Waals surface area contributed by atoms with Crippen LogP contribution in [0.1, 0.15) is 26.2 Å². The lowest BCUT2D eigenvalue weighted by molar-refractivity contribution is -0.174. The van der Waals surface area contributed by atoms with Gasteiger partial charge in [0, 0.05) is 6.61 Å². The van der Waals surface area contributed by atoms with Gasteiger partial charge in [-0.05, 0) is 6.42 Å². The van der Waals surface area contributed by atoms with Crippen molar-refractivity contribution in [1.82, 2.24) is 0 Å². The predicted molar refractivity (Wildman–Crippen MR) is 44.9 cm³/mol. The lowest BCUT2D eigenvalue weighted by atomic mass is 10.4. The van der Waals surface area contributed by atoms with Crippen molar-refractivity contribution in [3.8, 4) is 0 Å². The number of ether oxygens (including phenoxy) is 1. The van der Waals surface area contributed by atoms with E-state index in [4.69, 9.17) is 5.11 Å². The summed E-state index contributed by atoms with van der Waals surface area (Å²) < 4.78 is 3.86. The Morgan fingerprint density at radius 1 is 1.31 bits per heavy atom. The number of cyclic esters (lactones) is 2. The van der Waals surface area contributed by atoms with Gasteiger partial charge in [-0.25, -0.2) is 0 Å². The highest BCUT2D eigenvalue weighted by Gasteiger charge is 2.24. The van der Waals surface area contributed by atoms with Crippen molar-refractivity contribution in [1.29, 1.82) is 0 Å². The molecule has 0 saturated carbocycles. The largest absolute Gasteiger partial charge is 0.412 e.